The number of carbonyl (C=O) groups is 2. The maximum atomic E-state index is 13.4. The fourth-order valence-electron chi connectivity index (χ4n) is 5.49. The van der Waals surface area contributed by atoms with Crippen LogP contribution in [0.5, 0.6) is 0 Å². The van der Waals surface area contributed by atoms with E-state index in [2.05, 4.69) is 10.6 Å². The molecule has 0 aromatic heterocycles. The zero-order chi connectivity index (χ0) is 21.0. The lowest BCUT2D eigenvalue weighted by Gasteiger charge is -2.43. The Hall–Kier alpha value is -0.500. The molecule has 8 heteroatoms. The summed E-state index contributed by atoms with van der Waals surface area (Å²) in [5.41, 5.74) is 0.0830. The lowest BCUT2D eigenvalue weighted by molar-refractivity contribution is -0.144. The minimum Gasteiger partial charge on any atom is -0.376 e. The first-order chi connectivity index (χ1) is 14.6. The van der Waals surface area contributed by atoms with Crippen molar-refractivity contribution < 1.29 is 14.3 Å². The summed E-state index contributed by atoms with van der Waals surface area (Å²) in [6, 6.07) is -0.574. The van der Waals surface area contributed by atoms with Crippen molar-refractivity contribution in [3.05, 3.63) is 0 Å². The molecule has 1 spiro atoms. The van der Waals surface area contributed by atoms with Crippen LogP contribution in [0.25, 0.3) is 0 Å². The van der Waals surface area contributed by atoms with E-state index in [-0.39, 0.29) is 41.7 Å². The Morgan fingerprint density at radius 1 is 1.13 bits per heavy atom. The second-order valence-corrected chi connectivity index (χ2v) is 11.0. The van der Waals surface area contributed by atoms with Crippen molar-refractivity contribution in [1.82, 2.24) is 15.5 Å². The quantitative estimate of drug-likeness (QED) is 0.595. The van der Waals surface area contributed by atoms with E-state index in [1.807, 2.05) is 23.6 Å². The van der Waals surface area contributed by atoms with Crippen LogP contribution in [-0.2, 0) is 14.3 Å². The summed E-state index contributed by atoms with van der Waals surface area (Å²) in [5.74, 6) is 2.58. The van der Waals surface area contributed by atoms with Crippen LogP contribution in [0.1, 0.15) is 58.3 Å². The molecule has 31 heavy (non-hydrogen) atoms. The molecule has 4 rings (SSSR count). The highest BCUT2D eigenvalue weighted by molar-refractivity contribution is 7.99. The van der Waals surface area contributed by atoms with Gasteiger partial charge in [-0.3, -0.25) is 9.59 Å². The smallest absolute Gasteiger partial charge is 0.247 e. The molecule has 2 N–H and O–H groups in total. The number of thioether (sulfide) groups is 1. The summed E-state index contributed by atoms with van der Waals surface area (Å²) in [5, 5.41) is 6.51. The minimum atomic E-state index is -0.574. The second kappa shape index (κ2) is 11.6. The summed E-state index contributed by atoms with van der Waals surface area (Å²) in [6.07, 6.45) is 9.33. The van der Waals surface area contributed by atoms with E-state index in [0.717, 1.165) is 50.5 Å². The average molecular weight is 474 g/mol. The third-order valence-electron chi connectivity index (χ3n) is 7.70. The molecule has 1 aliphatic carbocycles. The lowest BCUT2D eigenvalue weighted by atomic mass is 9.72. The van der Waals surface area contributed by atoms with Gasteiger partial charge >= 0.3 is 0 Å². The normalized spacial score (nSPS) is 27.8. The summed E-state index contributed by atoms with van der Waals surface area (Å²) < 4.78 is 6.23. The largest absolute Gasteiger partial charge is 0.376 e. The molecule has 4 aliphatic rings. The highest BCUT2D eigenvalue weighted by Gasteiger charge is 2.51. The fourth-order valence-corrected chi connectivity index (χ4v) is 7.16. The van der Waals surface area contributed by atoms with E-state index in [1.54, 1.807) is 0 Å². The Bertz CT molecular complexity index is 607. The van der Waals surface area contributed by atoms with Gasteiger partial charge in [0.05, 0.1) is 12.0 Å². The molecule has 4 fully saturated rings. The summed E-state index contributed by atoms with van der Waals surface area (Å²) in [7, 11) is 0. The fraction of sp³-hybridized carbons (Fsp3) is 0.913. The number of halogens is 1. The average Bonchev–Trinajstić information content (AvgIpc) is 3.23. The number of rotatable bonds is 7. The lowest BCUT2D eigenvalue weighted by Crippen LogP contribution is -2.63. The van der Waals surface area contributed by atoms with Gasteiger partial charge in [0.1, 0.15) is 6.04 Å². The first-order valence-corrected chi connectivity index (χ1v) is 13.2. The number of ether oxygens (including phenoxy) is 1. The molecule has 3 atom stereocenters. The van der Waals surface area contributed by atoms with E-state index in [0.29, 0.717) is 12.5 Å². The van der Waals surface area contributed by atoms with Crippen LogP contribution < -0.4 is 10.6 Å². The molecule has 0 radical (unpaired) electrons. The van der Waals surface area contributed by atoms with Gasteiger partial charge in [-0.1, -0.05) is 19.3 Å². The number of piperidine rings is 1. The SMILES string of the molecule is C[C@@H](OCC1CCCCC1)[C@H](NC(=O)C1CSCC12CNC2)C(=O)N1CCCCC1.Cl. The number of likely N-dealkylation sites (tertiary alicyclic amines) is 1. The number of hydrogen-bond donors (Lipinski definition) is 2. The van der Waals surface area contributed by atoms with Crippen molar-refractivity contribution in [2.45, 2.75) is 70.4 Å². The number of hydrogen-bond acceptors (Lipinski definition) is 5. The van der Waals surface area contributed by atoms with E-state index >= 15 is 0 Å². The Labute approximate surface area is 197 Å². The van der Waals surface area contributed by atoms with Crippen LogP contribution in [0.4, 0.5) is 0 Å². The van der Waals surface area contributed by atoms with E-state index in [1.165, 1.54) is 38.5 Å². The number of carbonyl (C=O) groups excluding carboxylic acids is 2. The van der Waals surface area contributed by atoms with Crippen LogP contribution in [0.15, 0.2) is 0 Å². The molecule has 178 valence electrons. The molecule has 2 amide bonds. The Morgan fingerprint density at radius 2 is 1.81 bits per heavy atom. The maximum absolute atomic E-state index is 13.4. The number of nitrogens with zero attached hydrogens (tertiary/aromatic N) is 1. The molecule has 6 nitrogen and oxygen atoms in total. The molecule has 0 bridgehead atoms. The van der Waals surface area contributed by atoms with Gasteiger partial charge < -0.3 is 20.3 Å². The summed E-state index contributed by atoms with van der Waals surface area (Å²) >= 11 is 1.87. The monoisotopic (exact) mass is 473 g/mol. The number of nitrogens with one attached hydrogen (secondary N) is 2. The topological polar surface area (TPSA) is 70.7 Å². The molecule has 0 aromatic carbocycles. The van der Waals surface area contributed by atoms with Gasteiger partial charge in [0.15, 0.2) is 0 Å². The van der Waals surface area contributed by atoms with Gasteiger partial charge in [-0.05, 0) is 44.9 Å². The van der Waals surface area contributed by atoms with Crippen LogP contribution in [-0.4, -0.2) is 73.2 Å². The van der Waals surface area contributed by atoms with Gasteiger partial charge in [-0.25, -0.2) is 0 Å². The molecular weight excluding hydrogens is 434 g/mol. The number of amides is 2. The Morgan fingerprint density at radius 3 is 2.45 bits per heavy atom. The van der Waals surface area contributed by atoms with Crippen molar-refractivity contribution >= 4 is 36.0 Å². The van der Waals surface area contributed by atoms with E-state index < -0.39 is 6.04 Å². The molecular formula is C23H40ClN3O3S. The third kappa shape index (κ3) is 5.90. The predicted octanol–water partition coefficient (Wildman–Crippen LogP) is 2.84. The highest BCUT2D eigenvalue weighted by atomic mass is 35.5. The summed E-state index contributed by atoms with van der Waals surface area (Å²) in [6.45, 7) is 6.10. The summed E-state index contributed by atoms with van der Waals surface area (Å²) in [4.78, 5) is 28.6. The molecule has 3 saturated heterocycles. The van der Waals surface area contributed by atoms with E-state index in [9.17, 15) is 9.59 Å². The van der Waals surface area contributed by atoms with Gasteiger partial charge in [-0.2, -0.15) is 11.8 Å². The van der Waals surface area contributed by atoms with Gasteiger partial charge in [-0.15, -0.1) is 12.4 Å². The van der Waals surface area contributed by atoms with Crippen LogP contribution in [0.3, 0.4) is 0 Å². The van der Waals surface area contributed by atoms with Crippen LogP contribution in [0, 0.1) is 17.3 Å². The van der Waals surface area contributed by atoms with Crippen molar-refractivity contribution in [2.75, 3.05) is 44.3 Å². The van der Waals surface area contributed by atoms with Crippen molar-refractivity contribution in [1.29, 1.82) is 0 Å². The first-order valence-electron chi connectivity index (χ1n) is 12.1. The predicted molar refractivity (Wildman–Crippen MR) is 128 cm³/mol. The van der Waals surface area contributed by atoms with Gasteiger partial charge in [0, 0.05) is 49.7 Å². The molecule has 0 aromatic rings. The third-order valence-corrected chi connectivity index (χ3v) is 9.05. The minimum absolute atomic E-state index is 0. The van der Waals surface area contributed by atoms with Gasteiger partial charge in [0.25, 0.3) is 0 Å². The molecule has 3 heterocycles. The van der Waals surface area contributed by atoms with Crippen molar-refractivity contribution in [2.24, 2.45) is 17.3 Å². The standard InChI is InChI=1S/C23H39N3O3S.ClH/c1-17(29-12-18-8-4-2-5-9-18)20(22(28)26-10-6-3-7-11-26)25-21(27)19-13-30-16-23(19)14-24-15-23;/h17-20,24H,2-16H2,1H3,(H,25,27);1H/t17-,19?,20+;/m1./s1. The Balaban J connectivity index is 0.00000272. The second-order valence-electron chi connectivity index (χ2n) is 9.95. The Kier molecular flexibility index (Phi) is 9.38. The van der Waals surface area contributed by atoms with Crippen LogP contribution >= 0.6 is 24.2 Å². The van der Waals surface area contributed by atoms with Crippen molar-refractivity contribution in [3.8, 4) is 0 Å². The van der Waals surface area contributed by atoms with Gasteiger partial charge in [0.2, 0.25) is 11.8 Å². The van der Waals surface area contributed by atoms with E-state index in [4.69, 9.17) is 4.74 Å². The molecule has 3 aliphatic heterocycles. The molecule has 1 unspecified atom stereocenters. The molecule has 1 saturated carbocycles. The zero-order valence-electron chi connectivity index (χ0n) is 18.9. The zero-order valence-corrected chi connectivity index (χ0v) is 20.5. The first kappa shape index (κ1) is 25.1. The van der Waals surface area contributed by atoms with Crippen molar-refractivity contribution in [3.63, 3.8) is 0 Å². The highest BCUT2D eigenvalue weighted by Crippen LogP contribution is 2.44. The maximum Gasteiger partial charge on any atom is 0.247 e. The van der Waals surface area contributed by atoms with Crippen LogP contribution in [0.2, 0.25) is 0 Å².